The monoisotopic (exact) mass is 161 g/mol. The summed E-state index contributed by atoms with van der Waals surface area (Å²) in [5.41, 5.74) is 2.62. The fourth-order valence-electron chi connectivity index (χ4n) is 1.08. The Morgan fingerprint density at radius 1 is 1.42 bits per heavy atom. The van der Waals surface area contributed by atoms with Crippen LogP contribution in [0.4, 0.5) is 0 Å². The summed E-state index contributed by atoms with van der Waals surface area (Å²) in [6.45, 7) is 3.79. The molecule has 0 radical (unpaired) electrons. The zero-order valence-corrected chi connectivity index (χ0v) is 7.26. The third-order valence-electron chi connectivity index (χ3n) is 2.05. The zero-order valence-electron chi connectivity index (χ0n) is 7.26. The van der Waals surface area contributed by atoms with Crippen LogP contribution in [0.1, 0.15) is 16.7 Å². The van der Waals surface area contributed by atoms with Gasteiger partial charge in [-0.2, -0.15) is 5.26 Å². The molecule has 1 aromatic rings. The van der Waals surface area contributed by atoms with E-state index in [-0.39, 0.29) is 12.2 Å². The molecule has 0 amide bonds. The second kappa shape index (κ2) is 3.27. The van der Waals surface area contributed by atoms with Gasteiger partial charge in [0.1, 0.15) is 5.75 Å². The predicted molar refractivity (Wildman–Crippen MR) is 46.9 cm³/mol. The van der Waals surface area contributed by atoms with Gasteiger partial charge in [-0.05, 0) is 25.0 Å². The summed E-state index contributed by atoms with van der Waals surface area (Å²) in [4.78, 5) is 0. The van der Waals surface area contributed by atoms with Crippen LogP contribution in [0.2, 0.25) is 0 Å². The molecule has 0 bridgehead atoms. The van der Waals surface area contributed by atoms with Gasteiger partial charge >= 0.3 is 0 Å². The van der Waals surface area contributed by atoms with E-state index < -0.39 is 0 Å². The second-order valence-electron chi connectivity index (χ2n) is 2.85. The first-order valence-electron chi connectivity index (χ1n) is 3.82. The van der Waals surface area contributed by atoms with Gasteiger partial charge in [-0.25, -0.2) is 0 Å². The number of nitrogens with zero attached hydrogens (tertiary/aromatic N) is 1. The quantitative estimate of drug-likeness (QED) is 0.685. The van der Waals surface area contributed by atoms with Crippen LogP contribution >= 0.6 is 0 Å². The molecule has 2 nitrogen and oxygen atoms in total. The summed E-state index contributed by atoms with van der Waals surface area (Å²) in [6, 6.07) is 5.72. The fourth-order valence-corrected chi connectivity index (χ4v) is 1.08. The Labute approximate surface area is 72.1 Å². The van der Waals surface area contributed by atoms with E-state index in [0.29, 0.717) is 5.56 Å². The van der Waals surface area contributed by atoms with Gasteiger partial charge in [0.05, 0.1) is 12.5 Å². The van der Waals surface area contributed by atoms with Gasteiger partial charge in [0.2, 0.25) is 0 Å². The molecule has 0 heterocycles. The maximum absolute atomic E-state index is 9.56. The number of aryl methyl sites for hydroxylation is 1. The molecule has 0 unspecified atom stereocenters. The van der Waals surface area contributed by atoms with Gasteiger partial charge in [-0.1, -0.05) is 12.1 Å². The lowest BCUT2D eigenvalue weighted by atomic mass is 10.0. The predicted octanol–water partition coefficient (Wildman–Crippen LogP) is 2.08. The van der Waals surface area contributed by atoms with E-state index in [1.807, 2.05) is 26.0 Å². The van der Waals surface area contributed by atoms with Crippen LogP contribution in [0.5, 0.6) is 5.75 Å². The normalized spacial score (nSPS) is 9.42. The number of nitriles is 1. The number of aromatic hydroxyl groups is 1. The molecule has 0 aromatic heterocycles. The minimum atomic E-state index is 0.261. The Hall–Kier alpha value is -1.49. The lowest BCUT2D eigenvalue weighted by Crippen LogP contribution is -1.88. The first kappa shape index (κ1) is 8.61. The van der Waals surface area contributed by atoms with E-state index in [1.165, 1.54) is 0 Å². The lowest BCUT2D eigenvalue weighted by molar-refractivity contribution is 0.465. The molecule has 0 saturated carbocycles. The molecule has 62 valence electrons. The van der Waals surface area contributed by atoms with Gasteiger partial charge in [0.15, 0.2) is 0 Å². The number of rotatable bonds is 1. The number of hydrogen-bond donors (Lipinski definition) is 1. The molecule has 0 atom stereocenters. The SMILES string of the molecule is Cc1ccc(CC#N)c(O)c1C. The van der Waals surface area contributed by atoms with Gasteiger partial charge in [-0.15, -0.1) is 0 Å². The van der Waals surface area contributed by atoms with Crippen molar-refractivity contribution in [2.45, 2.75) is 20.3 Å². The number of benzene rings is 1. The van der Waals surface area contributed by atoms with Crippen molar-refractivity contribution in [3.8, 4) is 11.8 Å². The Morgan fingerprint density at radius 2 is 2.08 bits per heavy atom. The van der Waals surface area contributed by atoms with Crippen molar-refractivity contribution in [1.82, 2.24) is 0 Å². The van der Waals surface area contributed by atoms with Gasteiger partial charge in [0, 0.05) is 5.56 Å². The van der Waals surface area contributed by atoms with E-state index in [9.17, 15) is 5.11 Å². The first-order valence-corrected chi connectivity index (χ1v) is 3.82. The smallest absolute Gasteiger partial charge is 0.122 e. The summed E-state index contributed by atoms with van der Waals surface area (Å²) in [5, 5.41) is 18.0. The van der Waals surface area contributed by atoms with Crippen LogP contribution in [0.15, 0.2) is 12.1 Å². The molecule has 0 spiro atoms. The van der Waals surface area contributed by atoms with E-state index >= 15 is 0 Å². The number of phenols is 1. The van der Waals surface area contributed by atoms with Crippen molar-refractivity contribution in [1.29, 1.82) is 5.26 Å². The highest BCUT2D eigenvalue weighted by atomic mass is 16.3. The summed E-state index contributed by atoms with van der Waals surface area (Å²) in [5.74, 6) is 0.261. The highest BCUT2D eigenvalue weighted by Crippen LogP contribution is 2.24. The molecule has 0 aliphatic heterocycles. The molecule has 0 fully saturated rings. The van der Waals surface area contributed by atoms with E-state index in [4.69, 9.17) is 5.26 Å². The molecule has 0 aliphatic rings. The Kier molecular flexibility index (Phi) is 2.35. The molecule has 1 rings (SSSR count). The van der Waals surface area contributed by atoms with E-state index in [2.05, 4.69) is 0 Å². The lowest BCUT2D eigenvalue weighted by Gasteiger charge is -2.06. The topological polar surface area (TPSA) is 44.0 Å². The van der Waals surface area contributed by atoms with E-state index in [0.717, 1.165) is 11.1 Å². The largest absolute Gasteiger partial charge is 0.507 e. The molecule has 0 aliphatic carbocycles. The van der Waals surface area contributed by atoms with Crippen LogP contribution in [0.25, 0.3) is 0 Å². The Bertz CT molecular complexity index is 336. The van der Waals surface area contributed by atoms with Gasteiger partial charge < -0.3 is 5.11 Å². The second-order valence-corrected chi connectivity index (χ2v) is 2.85. The van der Waals surface area contributed by atoms with Crippen LogP contribution in [0.3, 0.4) is 0 Å². The molecule has 2 heteroatoms. The number of hydrogen-bond acceptors (Lipinski definition) is 2. The molecule has 1 aromatic carbocycles. The Balaban J connectivity index is 3.19. The van der Waals surface area contributed by atoms with Crippen molar-refractivity contribution in [3.63, 3.8) is 0 Å². The molecular formula is C10H11NO. The fraction of sp³-hybridized carbons (Fsp3) is 0.300. The Morgan fingerprint density at radius 3 is 2.67 bits per heavy atom. The third-order valence-corrected chi connectivity index (χ3v) is 2.05. The maximum Gasteiger partial charge on any atom is 0.122 e. The highest BCUT2D eigenvalue weighted by molar-refractivity contribution is 5.45. The van der Waals surface area contributed by atoms with Crippen LogP contribution < -0.4 is 0 Å². The number of phenolic OH excluding ortho intramolecular Hbond substituents is 1. The minimum absolute atomic E-state index is 0.261. The molecule has 1 N–H and O–H groups in total. The highest BCUT2D eigenvalue weighted by Gasteiger charge is 2.04. The van der Waals surface area contributed by atoms with Crippen molar-refractivity contribution >= 4 is 0 Å². The van der Waals surface area contributed by atoms with Crippen molar-refractivity contribution < 1.29 is 5.11 Å². The van der Waals surface area contributed by atoms with Gasteiger partial charge in [0.25, 0.3) is 0 Å². The molecular weight excluding hydrogens is 150 g/mol. The average Bonchev–Trinajstić information content (AvgIpc) is 2.07. The van der Waals surface area contributed by atoms with Crippen molar-refractivity contribution in [3.05, 3.63) is 28.8 Å². The van der Waals surface area contributed by atoms with E-state index in [1.54, 1.807) is 6.07 Å². The van der Waals surface area contributed by atoms with Gasteiger partial charge in [-0.3, -0.25) is 0 Å². The maximum atomic E-state index is 9.56. The molecule has 0 saturated heterocycles. The third kappa shape index (κ3) is 1.40. The summed E-state index contributed by atoms with van der Waals surface area (Å²) in [7, 11) is 0. The summed E-state index contributed by atoms with van der Waals surface area (Å²) >= 11 is 0. The van der Waals surface area contributed by atoms with Crippen molar-refractivity contribution in [2.75, 3.05) is 0 Å². The van der Waals surface area contributed by atoms with Crippen LogP contribution in [-0.2, 0) is 6.42 Å². The first-order chi connectivity index (χ1) is 5.66. The van der Waals surface area contributed by atoms with Crippen LogP contribution in [-0.4, -0.2) is 5.11 Å². The van der Waals surface area contributed by atoms with Crippen molar-refractivity contribution in [2.24, 2.45) is 0 Å². The van der Waals surface area contributed by atoms with Crippen LogP contribution in [0, 0.1) is 25.2 Å². The molecule has 12 heavy (non-hydrogen) atoms. The zero-order chi connectivity index (χ0) is 9.14. The summed E-state index contributed by atoms with van der Waals surface area (Å²) in [6.07, 6.45) is 0.271. The standard InChI is InChI=1S/C10H11NO/c1-7-3-4-9(5-6-11)10(12)8(7)2/h3-4,12H,5H2,1-2H3. The minimum Gasteiger partial charge on any atom is -0.507 e. The summed E-state index contributed by atoms with van der Waals surface area (Å²) < 4.78 is 0. The average molecular weight is 161 g/mol.